The first-order chi connectivity index (χ1) is 12.8. The number of benzene rings is 1. The molecule has 1 aliphatic heterocycles. The van der Waals surface area contributed by atoms with E-state index in [9.17, 15) is 13.2 Å². The van der Waals surface area contributed by atoms with Crippen molar-refractivity contribution >= 4 is 33.0 Å². The number of sulfonamides is 1. The number of nitrogens with zero attached hydrogens (tertiary/aromatic N) is 1. The summed E-state index contributed by atoms with van der Waals surface area (Å²) in [5.41, 5.74) is 2.99. The fourth-order valence-electron chi connectivity index (χ4n) is 3.33. The quantitative estimate of drug-likeness (QED) is 0.784. The zero-order valence-electron chi connectivity index (χ0n) is 16.0. The second-order valence-corrected chi connectivity index (χ2v) is 10.6. The van der Waals surface area contributed by atoms with E-state index in [0.29, 0.717) is 23.2 Å². The van der Waals surface area contributed by atoms with Gasteiger partial charge in [0.25, 0.3) is 10.0 Å². The summed E-state index contributed by atoms with van der Waals surface area (Å²) in [4.78, 5) is 13.3. The highest BCUT2D eigenvalue weighted by Gasteiger charge is 2.28. The lowest BCUT2D eigenvalue weighted by atomic mass is 9.98. The lowest BCUT2D eigenvalue weighted by Gasteiger charge is -2.16. The van der Waals surface area contributed by atoms with E-state index in [-0.39, 0.29) is 12.3 Å². The Kier molecular flexibility index (Phi) is 6.03. The maximum Gasteiger partial charge on any atom is 0.252 e. The van der Waals surface area contributed by atoms with Gasteiger partial charge in [0.15, 0.2) is 0 Å². The van der Waals surface area contributed by atoms with Crippen LogP contribution in [0.25, 0.3) is 0 Å². The highest BCUT2D eigenvalue weighted by Crippen LogP contribution is 2.29. The summed E-state index contributed by atoms with van der Waals surface area (Å²) in [6.07, 6.45) is 2.00. The largest absolute Gasteiger partial charge is 0.325 e. The van der Waals surface area contributed by atoms with Crippen molar-refractivity contribution in [1.82, 2.24) is 4.31 Å². The van der Waals surface area contributed by atoms with E-state index in [1.807, 2.05) is 25.1 Å². The van der Waals surface area contributed by atoms with Crippen molar-refractivity contribution in [3.63, 3.8) is 0 Å². The Morgan fingerprint density at radius 1 is 1.19 bits per heavy atom. The predicted molar refractivity (Wildman–Crippen MR) is 110 cm³/mol. The zero-order chi connectivity index (χ0) is 19.6. The van der Waals surface area contributed by atoms with Gasteiger partial charge in [-0.15, -0.1) is 11.3 Å². The Balaban J connectivity index is 1.72. The Bertz CT molecular complexity index is 926. The van der Waals surface area contributed by atoms with Crippen LogP contribution in [0.15, 0.2) is 34.5 Å². The van der Waals surface area contributed by atoms with Gasteiger partial charge in [0.1, 0.15) is 4.21 Å². The van der Waals surface area contributed by atoms with Gasteiger partial charge in [0, 0.05) is 23.7 Å². The van der Waals surface area contributed by atoms with Gasteiger partial charge in [-0.25, -0.2) is 8.42 Å². The average molecular weight is 407 g/mol. The number of nitrogens with one attached hydrogen (secondary N) is 1. The second kappa shape index (κ2) is 8.12. The van der Waals surface area contributed by atoms with Crippen molar-refractivity contribution in [2.24, 2.45) is 0 Å². The first kappa shape index (κ1) is 20.0. The Morgan fingerprint density at radius 3 is 2.56 bits per heavy atom. The molecule has 0 aliphatic carbocycles. The molecule has 0 saturated carbocycles. The molecule has 5 nitrogen and oxygen atoms in total. The summed E-state index contributed by atoms with van der Waals surface area (Å²) in [6, 6.07) is 9.37. The summed E-state index contributed by atoms with van der Waals surface area (Å²) in [5.74, 6) is 0.178. The fraction of sp³-hybridized carbons (Fsp3) is 0.450. The van der Waals surface area contributed by atoms with E-state index < -0.39 is 10.0 Å². The van der Waals surface area contributed by atoms with E-state index in [1.165, 1.54) is 15.6 Å². The Labute approximate surface area is 165 Å². The highest BCUT2D eigenvalue weighted by atomic mass is 32.2. The van der Waals surface area contributed by atoms with Crippen LogP contribution in [0.5, 0.6) is 0 Å². The summed E-state index contributed by atoms with van der Waals surface area (Å²) in [5, 5.41) is 3.02. The van der Waals surface area contributed by atoms with Crippen LogP contribution in [0.1, 0.15) is 48.6 Å². The van der Waals surface area contributed by atoms with E-state index in [2.05, 4.69) is 19.2 Å². The number of amides is 1. The molecule has 2 heterocycles. The van der Waals surface area contributed by atoms with Gasteiger partial charge in [-0.3, -0.25) is 4.79 Å². The maximum absolute atomic E-state index is 12.6. The topological polar surface area (TPSA) is 66.5 Å². The molecule has 2 aromatic rings. The van der Waals surface area contributed by atoms with Crippen LogP contribution < -0.4 is 5.32 Å². The Morgan fingerprint density at radius 2 is 1.89 bits per heavy atom. The third-order valence-corrected chi connectivity index (χ3v) is 8.27. The first-order valence-corrected chi connectivity index (χ1v) is 11.5. The van der Waals surface area contributed by atoms with Crippen molar-refractivity contribution < 1.29 is 13.2 Å². The molecule has 1 amide bonds. The minimum atomic E-state index is -3.42. The van der Waals surface area contributed by atoms with Crippen LogP contribution in [-0.4, -0.2) is 31.7 Å². The average Bonchev–Trinajstić information content (AvgIpc) is 3.28. The van der Waals surface area contributed by atoms with Crippen molar-refractivity contribution in [3.8, 4) is 0 Å². The molecule has 146 valence electrons. The van der Waals surface area contributed by atoms with Crippen LogP contribution in [0.2, 0.25) is 0 Å². The molecule has 7 heteroatoms. The third-order valence-electron chi connectivity index (χ3n) is 4.82. The summed E-state index contributed by atoms with van der Waals surface area (Å²) in [7, 11) is -3.42. The number of hydrogen-bond donors (Lipinski definition) is 1. The van der Waals surface area contributed by atoms with E-state index in [0.717, 1.165) is 34.5 Å². The highest BCUT2D eigenvalue weighted by molar-refractivity contribution is 7.91. The fourth-order valence-corrected chi connectivity index (χ4v) is 6.36. The van der Waals surface area contributed by atoms with Crippen LogP contribution in [0.4, 0.5) is 5.69 Å². The minimum absolute atomic E-state index is 0.127. The van der Waals surface area contributed by atoms with Crippen LogP contribution in [0, 0.1) is 6.92 Å². The van der Waals surface area contributed by atoms with Gasteiger partial charge in [-0.05, 0) is 48.9 Å². The van der Waals surface area contributed by atoms with Crippen molar-refractivity contribution in [2.75, 3.05) is 18.4 Å². The molecule has 3 rings (SSSR count). The molecule has 1 fully saturated rings. The molecule has 1 saturated heterocycles. The second-order valence-electron chi connectivity index (χ2n) is 7.25. The van der Waals surface area contributed by atoms with Gasteiger partial charge in [-0.1, -0.05) is 32.0 Å². The minimum Gasteiger partial charge on any atom is -0.325 e. The van der Waals surface area contributed by atoms with Crippen LogP contribution >= 0.6 is 11.3 Å². The molecule has 0 radical (unpaired) electrons. The smallest absolute Gasteiger partial charge is 0.252 e. The number of rotatable bonds is 6. The number of para-hydroxylation sites is 1. The molecule has 0 spiro atoms. The molecule has 1 aliphatic rings. The Hall–Kier alpha value is -1.70. The lowest BCUT2D eigenvalue weighted by molar-refractivity contribution is -0.115. The van der Waals surface area contributed by atoms with Gasteiger partial charge >= 0.3 is 0 Å². The van der Waals surface area contributed by atoms with E-state index >= 15 is 0 Å². The molecular weight excluding hydrogens is 380 g/mol. The summed E-state index contributed by atoms with van der Waals surface area (Å²) in [6.45, 7) is 7.34. The number of thiophene rings is 1. The summed E-state index contributed by atoms with van der Waals surface area (Å²) >= 11 is 1.19. The van der Waals surface area contributed by atoms with Gasteiger partial charge in [-0.2, -0.15) is 4.31 Å². The maximum atomic E-state index is 12.6. The molecule has 0 bridgehead atoms. The summed E-state index contributed by atoms with van der Waals surface area (Å²) < 4.78 is 27.1. The number of anilines is 1. The molecule has 0 unspecified atom stereocenters. The van der Waals surface area contributed by atoms with Crippen molar-refractivity contribution in [2.45, 2.75) is 50.2 Å². The zero-order valence-corrected chi connectivity index (χ0v) is 17.6. The van der Waals surface area contributed by atoms with E-state index in [1.54, 1.807) is 12.1 Å². The standard InChI is InChI=1S/C20H26N2O3S2/c1-14(2)17-8-6-7-15(3)20(17)21-18(23)13-16-9-10-19(26-16)27(24,25)22-11-4-5-12-22/h6-10,14H,4-5,11-13H2,1-3H3,(H,21,23). The SMILES string of the molecule is Cc1cccc(C(C)C)c1NC(=O)Cc1ccc(S(=O)(=O)N2CCCC2)s1. The number of carbonyl (C=O) groups is 1. The van der Waals surface area contributed by atoms with Gasteiger partial charge in [0.05, 0.1) is 6.42 Å². The van der Waals surface area contributed by atoms with Gasteiger partial charge in [0.2, 0.25) is 5.91 Å². The number of carbonyl (C=O) groups excluding carboxylic acids is 1. The molecule has 27 heavy (non-hydrogen) atoms. The van der Waals surface area contributed by atoms with Crippen molar-refractivity contribution in [1.29, 1.82) is 0 Å². The van der Waals surface area contributed by atoms with Crippen LogP contribution in [0.3, 0.4) is 0 Å². The molecular formula is C20H26N2O3S2. The predicted octanol–water partition coefficient (Wildman–Crippen LogP) is 4.15. The molecule has 1 aromatic heterocycles. The van der Waals surface area contributed by atoms with Crippen molar-refractivity contribution in [3.05, 3.63) is 46.3 Å². The molecule has 1 N–H and O–H groups in total. The normalized spacial score (nSPS) is 15.4. The molecule has 1 aromatic carbocycles. The van der Waals surface area contributed by atoms with Crippen LogP contribution in [-0.2, 0) is 21.2 Å². The number of hydrogen-bond acceptors (Lipinski definition) is 4. The number of aryl methyl sites for hydroxylation is 1. The molecule has 0 atom stereocenters. The monoisotopic (exact) mass is 406 g/mol. The first-order valence-electron chi connectivity index (χ1n) is 9.27. The van der Waals surface area contributed by atoms with Gasteiger partial charge < -0.3 is 5.32 Å². The van der Waals surface area contributed by atoms with E-state index in [4.69, 9.17) is 0 Å². The third kappa shape index (κ3) is 4.42. The lowest BCUT2D eigenvalue weighted by Crippen LogP contribution is -2.27.